The molecule has 0 aliphatic rings. The van der Waals surface area contributed by atoms with E-state index in [9.17, 15) is 9.90 Å². The van der Waals surface area contributed by atoms with Crippen LogP contribution in [0.3, 0.4) is 0 Å². The van der Waals surface area contributed by atoms with Gasteiger partial charge in [0, 0.05) is 20.5 Å². The summed E-state index contributed by atoms with van der Waals surface area (Å²) in [6.45, 7) is 0.103. The molecule has 6 heteroatoms. The minimum absolute atomic E-state index is 0.0307. The lowest BCUT2D eigenvalue weighted by Gasteiger charge is -2.12. The van der Waals surface area contributed by atoms with Crippen molar-refractivity contribution in [2.24, 2.45) is 0 Å². The number of hydrogen-bond donors (Lipinski definition) is 3. The van der Waals surface area contributed by atoms with Crippen LogP contribution in [0, 0.1) is 0 Å². The van der Waals surface area contributed by atoms with Gasteiger partial charge in [-0.2, -0.15) is 0 Å². The van der Waals surface area contributed by atoms with Crippen LogP contribution in [0.2, 0.25) is 5.02 Å². The first-order valence-electron chi connectivity index (χ1n) is 8.40. The van der Waals surface area contributed by atoms with Crippen molar-refractivity contribution in [3.8, 4) is 0 Å². The molecule has 3 rings (SSSR count). The highest BCUT2D eigenvalue weighted by molar-refractivity contribution is 7.99. The Kier molecular flexibility index (Phi) is 6.76. The topological polar surface area (TPSA) is 61.4 Å². The van der Waals surface area contributed by atoms with Crippen LogP contribution in [0.15, 0.2) is 82.6 Å². The van der Waals surface area contributed by atoms with E-state index in [4.69, 9.17) is 11.6 Å². The van der Waals surface area contributed by atoms with Crippen molar-refractivity contribution in [3.05, 3.63) is 83.4 Å². The van der Waals surface area contributed by atoms with Gasteiger partial charge in [0.05, 0.1) is 18.8 Å². The number of amides is 1. The number of aliphatic hydroxyl groups is 1. The van der Waals surface area contributed by atoms with Crippen LogP contribution in [0.5, 0.6) is 0 Å². The maximum atomic E-state index is 12.3. The molecule has 0 aliphatic carbocycles. The van der Waals surface area contributed by atoms with Gasteiger partial charge < -0.3 is 15.7 Å². The zero-order chi connectivity index (χ0) is 19.1. The molecule has 0 unspecified atom stereocenters. The number of carbonyl (C=O) groups excluding carboxylic acids is 1. The largest absolute Gasteiger partial charge is 0.392 e. The molecule has 0 atom stereocenters. The van der Waals surface area contributed by atoms with Crippen molar-refractivity contribution in [2.45, 2.75) is 16.4 Å². The lowest BCUT2D eigenvalue weighted by Crippen LogP contribution is -2.22. The summed E-state index contributed by atoms with van der Waals surface area (Å²) in [4.78, 5) is 14.3. The Bertz CT molecular complexity index is 916. The van der Waals surface area contributed by atoms with Gasteiger partial charge in [0.25, 0.3) is 0 Å². The third-order valence-corrected chi connectivity index (χ3v) is 5.10. The minimum Gasteiger partial charge on any atom is -0.392 e. The fourth-order valence-electron chi connectivity index (χ4n) is 2.44. The van der Waals surface area contributed by atoms with Crippen LogP contribution >= 0.6 is 23.4 Å². The number of anilines is 2. The summed E-state index contributed by atoms with van der Waals surface area (Å²) < 4.78 is 0. The van der Waals surface area contributed by atoms with E-state index in [0.717, 1.165) is 26.7 Å². The molecule has 1 amide bonds. The Morgan fingerprint density at radius 1 is 1.00 bits per heavy atom. The van der Waals surface area contributed by atoms with Gasteiger partial charge in [-0.3, -0.25) is 4.79 Å². The molecule has 0 saturated heterocycles. The van der Waals surface area contributed by atoms with E-state index in [0.29, 0.717) is 5.02 Å². The van der Waals surface area contributed by atoms with Crippen molar-refractivity contribution < 1.29 is 9.90 Å². The average Bonchev–Trinajstić information content (AvgIpc) is 2.70. The number of para-hydroxylation sites is 1. The summed E-state index contributed by atoms with van der Waals surface area (Å²) in [7, 11) is 0. The second-order valence-corrected chi connectivity index (χ2v) is 7.36. The van der Waals surface area contributed by atoms with Gasteiger partial charge in [-0.05, 0) is 54.1 Å². The molecule has 4 nitrogen and oxygen atoms in total. The Morgan fingerprint density at radius 3 is 2.56 bits per heavy atom. The predicted octanol–water partition coefficient (Wildman–Crippen LogP) is 5.03. The van der Waals surface area contributed by atoms with Gasteiger partial charge in [0.1, 0.15) is 0 Å². The molecule has 27 heavy (non-hydrogen) atoms. The summed E-state index contributed by atoms with van der Waals surface area (Å²) in [6, 6.07) is 22.6. The summed E-state index contributed by atoms with van der Waals surface area (Å²) in [5, 5.41) is 15.9. The minimum atomic E-state index is -0.145. The number of aliphatic hydroxyl groups excluding tert-OH is 1. The molecule has 0 spiro atoms. The Morgan fingerprint density at radius 2 is 1.78 bits per heavy atom. The Hall–Kier alpha value is -2.47. The predicted molar refractivity (Wildman–Crippen MR) is 112 cm³/mol. The van der Waals surface area contributed by atoms with Gasteiger partial charge in [0.15, 0.2) is 0 Å². The van der Waals surface area contributed by atoms with Gasteiger partial charge in [-0.1, -0.05) is 47.6 Å². The maximum Gasteiger partial charge on any atom is 0.243 e. The van der Waals surface area contributed by atoms with Crippen LogP contribution in [-0.4, -0.2) is 17.6 Å². The third kappa shape index (κ3) is 5.76. The molecular weight excluding hydrogens is 380 g/mol. The van der Waals surface area contributed by atoms with E-state index in [1.165, 1.54) is 0 Å². The highest BCUT2D eigenvalue weighted by Gasteiger charge is 2.08. The second kappa shape index (κ2) is 9.46. The second-order valence-electron chi connectivity index (χ2n) is 5.81. The van der Waals surface area contributed by atoms with Crippen molar-refractivity contribution in [2.75, 3.05) is 17.2 Å². The van der Waals surface area contributed by atoms with E-state index in [-0.39, 0.29) is 19.1 Å². The standard InChI is InChI=1S/C21H19ClN2O2S/c22-16-8-10-18(11-9-16)27-20-7-2-1-6-19(20)24-21(26)13-23-17-5-3-4-15(12-17)14-25/h1-12,23,25H,13-14H2,(H,24,26). The first-order chi connectivity index (χ1) is 13.1. The van der Waals surface area contributed by atoms with Crippen LogP contribution in [-0.2, 0) is 11.4 Å². The first-order valence-corrected chi connectivity index (χ1v) is 9.59. The molecule has 0 aromatic heterocycles. The Labute approximate surface area is 167 Å². The molecule has 0 radical (unpaired) electrons. The molecule has 0 saturated carbocycles. The third-order valence-electron chi connectivity index (χ3n) is 3.77. The lowest BCUT2D eigenvalue weighted by molar-refractivity contribution is -0.114. The van der Waals surface area contributed by atoms with Gasteiger partial charge in [-0.25, -0.2) is 0 Å². The van der Waals surface area contributed by atoms with Crippen LogP contribution in [0.4, 0.5) is 11.4 Å². The number of rotatable bonds is 7. The molecule has 0 bridgehead atoms. The fraction of sp³-hybridized carbons (Fsp3) is 0.0952. The van der Waals surface area contributed by atoms with Crippen LogP contribution < -0.4 is 10.6 Å². The summed E-state index contributed by atoms with van der Waals surface area (Å²) in [6.07, 6.45) is 0. The normalized spacial score (nSPS) is 10.4. The number of nitrogens with one attached hydrogen (secondary N) is 2. The van der Waals surface area contributed by atoms with E-state index in [2.05, 4.69) is 10.6 Å². The van der Waals surface area contributed by atoms with Crippen molar-refractivity contribution >= 4 is 40.6 Å². The summed E-state index contributed by atoms with van der Waals surface area (Å²) in [5.41, 5.74) is 2.35. The van der Waals surface area contributed by atoms with E-state index >= 15 is 0 Å². The maximum absolute atomic E-state index is 12.3. The first kappa shape index (κ1) is 19.3. The van der Waals surface area contributed by atoms with E-state index in [1.54, 1.807) is 11.8 Å². The highest BCUT2D eigenvalue weighted by atomic mass is 35.5. The zero-order valence-corrected chi connectivity index (χ0v) is 16.1. The van der Waals surface area contributed by atoms with Crippen molar-refractivity contribution in [1.82, 2.24) is 0 Å². The number of halogens is 1. The molecule has 0 aliphatic heterocycles. The monoisotopic (exact) mass is 398 g/mol. The molecule has 3 aromatic carbocycles. The van der Waals surface area contributed by atoms with E-state index < -0.39 is 0 Å². The highest BCUT2D eigenvalue weighted by Crippen LogP contribution is 2.33. The molecular formula is C21H19ClN2O2S. The van der Waals surface area contributed by atoms with Crippen LogP contribution in [0.1, 0.15) is 5.56 Å². The molecule has 3 aromatic rings. The molecule has 0 heterocycles. The Balaban J connectivity index is 1.62. The van der Waals surface area contributed by atoms with Gasteiger partial charge >= 0.3 is 0 Å². The smallest absolute Gasteiger partial charge is 0.243 e. The lowest BCUT2D eigenvalue weighted by atomic mass is 10.2. The van der Waals surface area contributed by atoms with Crippen LogP contribution in [0.25, 0.3) is 0 Å². The summed E-state index contributed by atoms with van der Waals surface area (Å²) >= 11 is 7.49. The molecule has 3 N–H and O–H groups in total. The molecule has 0 fully saturated rings. The zero-order valence-electron chi connectivity index (χ0n) is 14.5. The van der Waals surface area contributed by atoms with E-state index in [1.807, 2.05) is 72.8 Å². The van der Waals surface area contributed by atoms with Crippen molar-refractivity contribution in [3.63, 3.8) is 0 Å². The van der Waals surface area contributed by atoms with Gasteiger partial charge in [0.2, 0.25) is 5.91 Å². The fourth-order valence-corrected chi connectivity index (χ4v) is 3.47. The summed E-state index contributed by atoms with van der Waals surface area (Å²) in [5.74, 6) is -0.145. The number of benzene rings is 3. The number of hydrogen-bond acceptors (Lipinski definition) is 4. The average molecular weight is 399 g/mol. The van der Waals surface area contributed by atoms with Gasteiger partial charge in [-0.15, -0.1) is 0 Å². The SMILES string of the molecule is O=C(CNc1cccc(CO)c1)Nc1ccccc1Sc1ccc(Cl)cc1. The van der Waals surface area contributed by atoms with Crippen molar-refractivity contribution in [1.29, 1.82) is 0 Å². The quantitative estimate of drug-likeness (QED) is 0.522. The number of carbonyl (C=O) groups is 1. The molecule has 138 valence electrons.